The van der Waals surface area contributed by atoms with E-state index in [-0.39, 0.29) is 5.88 Å². The van der Waals surface area contributed by atoms with Gasteiger partial charge >= 0.3 is 6.18 Å². The molecule has 0 bridgehead atoms. The van der Waals surface area contributed by atoms with Gasteiger partial charge in [0, 0.05) is 36.4 Å². The smallest absolute Gasteiger partial charge is 0.417 e. The highest BCUT2D eigenvalue weighted by molar-refractivity contribution is 6.08. The van der Waals surface area contributed by atoms with Crippen LogP contribution in [0.1, 0.15) is 21.6 Å². The van der Waals surface area contributed by atoms with Gasteiger partial charge in [-0.1, -0.05) is 0 Å². The number of carbonyl (C=O) groups excluding carboxylic acids is 1. The molecule has 4 aromatic rings. The van der Waals surface area contributed by atoms with Gasteiger partial charge in [0.1, 0.15) is 0 Å². The van der Waals surface area contributed by atoms with Crippen molar-refractivity contribution in [2.45, 2.75) is 13.1 Å². The number of rotatable bonds is 4. The maximum absolute atomic E-state index is 13.6. The molecule has 0 radical (unpaired) electrons. The number of carbonyl (C=O) groups is 1. The largest absolute Gasteiger partial charge is 0.437 e. The fraction of sp³-hybridized carbons (Fsp3) is 0.136. The molecule has 0 fully saturated rings. The number of halogens is 3. The lowest BCUT2D eigenvalue weighted by Crippen LogP contribution is -2.28. The molecule has 0 saturated carbocycles. The van der Waals surface area contributed by atoms with Crippen LogP contribution in [-0.2, 0) is 6.18 Å². The first-order chi connectivity index (χ1) is 14.7. The molecular formula is C22H17F3N4O2. The zero-order chi connectivity index (χ0) is 22.2. The molecule has 6 nitrogen and oxygen atoms in total. The first-order valence-electron chi connectivity index (χ1n) is 9.26. The van der Waals surface area contributed by atoms with Crippen LogP contribution in [0, 0.1) is 6.92 Å². The van der Waals surface area contributed by atoms with Gasteiger partial charge in [-0.15, -0.1) is 0 Å². The van der Waals surface area contributed by atoms with Crippen molar-refractivity contribution in [2.75, 3.05) is 11.9 Å². The highest BCUT2D eigenvalue weighted by Gasteiger charge is 2.36. The van der Waals surface area contributed by atoms with Gasteiger partial charge in [-0.05, 0) is 43.3 Å². The van der Waals surface area contributed by atoms with Gasteiger partial charge in [0.25, 0.3) is 5.91 Å². The predicted molar refractivity (Wildman–Crippen MR) is 109 cm³/mol. The number of pyridine rings is 2. The summed E-state index contributed by atoms with van der Waals surface area (Å²) in [7, 11) is 1.40. The van der Waals surface area contributed by atoms with Crippen LogP contribution in [0.15, 0.2) is 61.1 Å². The molecular weight excluding hydrogens is 409 g/mol. The maximum atomic E-state index is 13.6. The van der Waals surface area contributed by atoms with Crippen molar-refractivity contribution >= 4 is 22.5 Å². The van der Waals surface area contributed by atoms with E-state index in [1.807, 2.05) is 0 Å². The Morgan fingerprint density at radius 3 is 2.61 bits per heavy atom. The summed E-state index contributed by atoms with van der Waals surface area (Å²) < 4.78 is 46.4. The molecule has 31 heavy (non-hydrogen) atoms. The van der Waals surface area contributed by atoms with Crippen LogP contribution in [0.4, 0.5) is 18.9 Å². The fourth-order valence-corrected chi connectivity index (χ4v) is 3.13. The van der Waals surface area contributed by atoms with E-state index in [2.05, 4.69) is 15.0 Å². The van der Waals surface area contributed by atoms with E-state index in [1.54, 1.807) is 37.4 Å². The second kappa shape index (κ2) is 7.75. The summed E-state index contributed by atoms with van der Waals surface area (Å²) in [6, 6.07) is 10.3. The minimum Gasteiger partial charge on any atom is -0.437 e. The Kier molecular flexibility index (Phi) is 5.10. The Morgan fingerprint density at radius 1 is 1.13 bits per heavy atom. The average molecular weight is 426 g/mol. The molecule has 0 spiro atoms. The topological polar surface area (TPSA) is 71.1 Å². The quantitative estimate of drug-likeness (QED) is 0.477. The van der Waals surface area contributed by atoms with Crippen LogP contribution in [0.2, 0.25) is 0 Å². The van der Waals surface area contributed by atoms with E-state index >= 15 is 0 Å². The number of alkyl halides is 3. The molecule has 9 heteroatoms. The van der Waals surface area contributed by atoms with Gasteiger partial charge in [0.2, 0.25) is 5.88 Å². The molecule has 4 rings (SSSR count). The molecule has 3 heterocycles. The summed E-state index contributed by atoms with van der Waals surface area (Å²) in [6.45, 7) is 1.79. The van der Waals surface area contributed by atoms with Crippen LogP contribution >= 0.6 is 0 Å². The number of anilines is 1. The Hall–Kier alpha value is -3.88. The third-order valence-corrected chi connectivity index (χ3v) is 4.81. The van der Waals surface area contributed by atoms with Crippen molar-refractivity contribution in [3.8, 4) is 11.6 Å². The number of nitrogens with one attached hydrogen (secondary N) is 1. The molecule has 1 N–H and O–H groups in total. The zero-order valence-corrected chi connectivity index (χ0v) is 16.6. The van der Waals surface area contributed by atoms with E-state index in [4.69, 9.17) is 4.74 Å². The van der Waals surface area contributed by atoms with E-state index in [1.165, 1.54) is 31.6 Å². The lowest BCUT2D eigenvalue weighted by Gasteiger charge is -2.20. The standard InChI is InChI=1S/C22H17F3N4O2/c1-13-19(4-3-8-26-13)31-20-6-5-15(12-28-20)29(2)21(30)16-10-14-7-9-27-18(14)11-17(16)22(23,24)25/h3-12,27H,1-2H3. The van der Waals surface area contributed by atoms with Crippen LogP contribution in [-0.4, -0.2) is 27.9 Å². The van der Waals surface area contributed by atoms with Crippen molar-refractivity contribution in [3.63, 3.8) is 0 Å². The molecule has 3 aromatic heterocycles. The van der Waals surface area contributed by atoms with E-state index < -0.39 is 23.2 Å². The number of aryl methyl sites for hydroxylation is 1. The number of benzene rings is 1. The number of ether oxygens (including phenoxy) is 1. The number of aromatic nitrogens is 3. The summed E-state index contributed by atoms with van der Waals surface area (Å²) in [5.41, 5.74) is -0.129. The lowest BCUT2D eigenvalue weighted by atomic mass is 10.0. The Labute approximate surface area is 175 Å². The fourth-order valence-electron chi connectivity index (χ4n) is 3.13. The van der Waals surface area contributed by atoms with Crippen molar-refractivity contribution < 1.29 is 22.7 Å². The number of fused-ring (bicyclic) bond motifs is 1. The van der Waals surface area contributed by atoms with Crippen molar-refractivity contribution in [2.24, 2.45) is 0 Å². The average Bonchev–Trinajstić information content (AvgIpc) is 3.21. The molecule has 0 saturated heterocycles. The van der Waals surface area contributed by atoms with Gasteiger partial charge in [-0.3, -0.25) is 9.78 Å². The summed E-state index contributed by atoms with van der Waals surface area (Å²) in [5.74, 6) is 0.00113. The Bertz CT molecular complexity index is 1250. The third-order valence-electron chi connectivity index (χ3n) is 4.81. The first-order valence-corrected chi connectivity index (χ1v) is 9.26. The number of hydrogen-bond donors (Lipinski definition) is 1. The van der Waals surface area contributed by atoms with Crippen molar-refractivity contribution in [1.82, 2.24) is 15.0 Å². The van der Waals surface area contributed by atoms with E-state index in [0.29, 0.717) is 28.0 Å². The summed E-state index contributed by atoms with van der Waals surface area (Å²) in [4.78, 5) is 25.1. The van der Waals surface area contributed by atoms with Crippen LogP contribution in [0.25, 0.3) is 10.9 Å². The number of nitrogens with zero attached hydrogens (tertiary/aromatic N) is 3. The van der Waals surface area contributed by atoms with Crippen molar-refractivity contribution in [3.05, 3.63) is 77.9 Å². The summed E-state index contributed by atoms with van der Waals surface area (Å²) in [5, 5.41) is 0.512. The molecule has 0 aliphatic rings. The normalized spacial score (nSPS) is 11.5. The van der Waals surface area contributed by atoms with Crippen LogP contribution in [0.3, 0.4) is 0 Å². The molecule has 158 valence electrons. The number of H-pyrrole nitrogens is 1. The summed E-state index contributed by atoms with van der Waals surface area (Å²) in [6.07, 6.45) is -0.154. The summed E-state index contributed by atoms with van der Waals surface area (Å²) >= 11 is 0. The van der Waals surface area contributed by atoms with Gasteiger partial charge in [0.05, 0.1) is 28.7 Å². The predicted octanol–water partition coefficient (Wildman–Crippen LogP) is 5.35. The molecule has 1 amide bonds. The molecule has 0 atom stereocenters. The molecule has 0 aliphatic heterocycles. The van der Waals surface area contributed by atoms with Crippen molar-refractivity contribution in [1.29, 1.82) is 0 Å². The van der Waals surface area contributed by atoms with Gasteiger partial charge < -0.3 is 14.6 Å². The van der Waals surface area contributed by atoms with Gasteiger partial charge in [-0.25, -0.2) is 4.98 Å². The Morgan fingerprint density at radius 2 is 1.94 bits per heavy atom. The highest BCUT2D eigenvalue weighted by atomic mass is 19.4. The van der Waals surface area contributed by atoms with Crippen LogP contribution in [0.5, 0.6) is 11.6 Å². The monoisotopic (exact) mass is 426 g/mol. The SMILES string of the molecule is Cc1ncccc1Oc1ccc(N(C)C(=O)c2cc3cc[nH]c3cc2C(F)(F)F)cn1. The maximum Gasteiger partial charge on any atom is 0.417 e. The molecule has 0 aliphatic carbocycles. The van der Waals surface area contributed by atoms with Gasteiger partial charge in [0.15, 0.2) is 5.75 Å². The first kappa shape index (κ1) is 20.4. The minimum atomic E-state index is -4.68. The Balaban J connectivity index is 1.62. The van der Waals surface area contributed by atoms with Crippen LogP contribution < -0.4 is 9.64 Å². The highest BCUT2D eigenvalue weighted by Crippen LogP contribution is 2.35. The van der Waals surface area contributed by atoms with E-state index in [9.17, 15) is 18.0 Å². The molecule has 1 aromatic carbocycles. The molecule has 0 unspecified atom stereocenters. The van der Waals surface area contributed by atoms with E-state index in [0.717, 1.165) is 11.0 Å². The van der Waals surface area contributed by atoms with Gasteiger partial charge in [-0.2, -0.15) is 13.2 Å². The minimum absolute atomic E-state index is 0.269. The second-order valence-corrected chi connectivity index (χ2v) is 6.87. The zero-order valence-electron chi connectivity index (χ0n) is 16.6. The number of hydrogen-bond acceptors (Lipinski definition) is 4. The number of aromatic amines is 1. The lowest BCUT2D eigenvalue weighted by molar-refractivity contribution is -0.137. The third kappa shape index (κ3) is 4.07. The number of amides is 1. The second-order valence-electron chi connectivity index (χ2n) is 6.87.